The normalized spacial score (nSPS) is 10.9. The number of hydrogen-bond donors (Lipinski definition) is 1. The Morgan fingerprint density at radius 3 is 1.76 bits per heavy atom. The first-order chi connectivity index (χ1) is 8.35. The molecule has 0 atom stereocenters. The van der Waals surface area contributed by atoms with Crippen LogP contribution in [0.2, 0.25) is 0 Å². The second-order valence-electron chi connectivity index (χ2n) is 4.67. The molecule has 2 nitrogen and oxygen atoms in total. The minimum absolute atomic E-state index is 1.15. The molecule has 0 rings (SSSR count). The lowest BCUT2D eigenvalue weighted by molar-refractivity contribution is 0.351. The standard InChI is InChI=1S/C15H30N2/c1-3-5-7-9-13-17(15-11-12-16)14-10-8-6-4-2/h11-12,15-16H,3-10,13-14H2,1-2H3/b15-11+,16-12?. The van der Waals surface area contributed by atoms with E-state index in [4.69, 9.17) is 5.41 Å². The summed E-state index contributed by atoms with van der Waals surface area (Å²) >= 11 is 0. The van der Waals surface area contributed by atoms with Gasteiger partial charge in [0.05, 0.1) is 0 Å². The number of nitrogens with one attached hydrogen (secondary N) is 1. The fourth-order valence-corrected chi connectivity index (χ4v) is 1.91. The Balaban J connectivity index is 3.71. The van der Waals surface area contributed by atoms with Gasteiger partial charge in [-0.25, -0.2) is 0 Å². The Kier molecular flexibility index (Phi) is 12.7. The van der Waals surface area contributed by atoms with Crippen LogP contribution in [0, 0.1) is 5.41 Å². The molecular formula is C15H30N2. The van der Waals surface area contributed by atoms with Gasteiger partial charge in [-0.3, -0.25) is 0 Å². The maximum atomic E-state index is 7.04. The SMILES string of the molecule is CCCCCCN(/C=C/C=N)CCCCCC. The van der Waals surface area contributed by atoms with Gasteiger partial charge >= 0.3 is 0 Å². The molecule has 0 radical (unpaired) electrons. The summed E-state index contributed by atoms with van der Waals surface area (Å²) in [5, 5.41) is 7.04. The van der Waals surface area contributed by atoms with E-state index < -0.39 is 0 Å². The minimum atomic E-state index is 1.15. The summed E-state index contributed by atoms with van der Waals surface area (Å²) in [6.45, 7) is 6.79. The summed E-state index contributed by atoms with van der Waals surface area (Å²) in [5.41, 5.74) is 0. The Morgan fingerprint density at radius 1 is 0.824 bits per heavy atom. The van der Waals surface area contributed by atoms with E-state index in [-0.39, 0.29) is 0 Å². The average Bonchev–Trinajstić information content (AvgIpc) is 2.35. The van der Waals surface area contributed by atoms with Crippen molar-refractivity contribution >= 4 is 6.21 Å². The topological polar surface area (TPSA) is 27.1 Å². The lowest BCUT2D eigenvalue weighted by Crippen LogP contribution is -2.20. The van der Waals surface area contributed by atoms with E-state index in [0.717, 1.165) is 13.1 Å². The molecule has 0 spiro atoms. The first-order valence-corrected chi connectivity index (χ1v) is 7.26. The fourth-order valence-electron chi connectivity index (χ4n) is 1.91. The van der Waals surface area contributed by atoms with Gasteiger partial charge in [-0.15, -0.1) is 0 Å². The van der Waals surface area contributed by atoms with Crippen molar-refractivity contribution in [2.45, 2.75) is 65.2 Å². The van der Waals surface area contributed by atoms with Crippen molar-refractivity contribution < 1.29 is 0 Å². The number of hydrogen-bond acceptors (Lipinski definition) is 2. The molecule has 0 amide bonds. The zero-order valence-corrected chi connectivity index (χ0v) is 11.8. The van der Waals surface area contributed by atoms with E-state index in [0.29, 0.717) is 0 Å². The van der Waals surface area contributed by atoms with Gasteiger partial charge in [-0.1, -0.05) is 52.4 Å². The lowest BCUT2D eigenvalue weighted by atomic mass is 10.2. The van der Waals surface area contributed by atoms with Crippen LogP contribution in [0.25, 0.3) is 0 Å². The Bertz CT molecular complexity index is 175. The molecule has 17 heavy (non-hydrogen) atoms. The molecule has 0 unspecified atom stereocenters. The van der Waals surface area contributed by atoms with Crippen LogP contribution in [0.3, 0.4) is 0 Å². The van der Waals surface area contributed by atoms with Gasteiger partial charge in [0.15, 0.2) is 0 Å². The Morgan fingerprint density at radius 2 is 1.35 bits per heavy atom. The molecule has 0 saturated carbocycles. The smallest absolute Gasteiger partial charge is 0.0192 e. The van der Waals surface area contributed by atoms with E-state index in [1.54, 1.807) is 0 Å². The van der Waals surface area contributed by atoms with Crippen LogP contribution >= 0.6 is 0 Å². The molecule has 2 heteroatoms. The van der Waals surface area contributed by atoms with E-state index in [1.807, 2.05) is 6.08 Å². The summed E-state index contributed by atoms with van der Waals surface area (Å²) in [5.74, 6) is 0. The molecule has 0 aromatic rings. The zero-order chi connectivity index (χ0) is 12.8. The van der Waals surface area contributed by atoms with Crippen molar-refractivity contribution in [3.63, 3.8) is 0 Å². The molecule has 0 aliphatic heterocycles. The number of nitrogens with zero attached hydrogens (tertiary/aromatic N) is 1. The Hall–Kier alpha value is -0.790. The van der Waals surface area contributed by atoms with Gasteiger partial charge in [0, 0.05) is 25.5 Å². The van der Waals surface area contributed by atoms with Crippen LogP contribution < -0.4 is 0 Å². The molecule has 0 aromatic carbocycles. The quantitative estimate of drug-likeness (QED) is 0.390. The van der Waals surface area contributed by atoms with Crippen molar-refractivity contribution in [2.75, 3.05) is 13.1 Å². The molecule has 100 valence electrons. The van der Waals surface area contributed by atoms with Gasteiger partial charge in [-0.05, 0) is 18.9 Å². The van der Waals surface area contributed by atoms with Crippen molar-refractivity contribution in [1.29, 1.82) is 5.41 Å². The summed E-state index contributed by atoms with van der Waals surface area (Å²) in [4.78, 5) is 2.37. The molecule has 0 aliphatic carbocycles. The van der Waals surface area contributed by atoms with Crippen LogP contribution in [-0.2, 0) is 0 Å². The number of unbranched alkanes of at least 4 members (excludes halogenated alkanes) is 6. The molecule has 0 heterocycles. The maximum Gasteiger partial charge on any atom is 0.0192 e. The van der Waals surface area contributed by atoms with Gasteiger partial charge < -0.3 is 10.3 Å². The highest BCUT2D eigenvalue weighted by atomic mass is 15.1. The largest absolute Gasteiger partial charge is 0.377 e. The van der Waals surface area contributed by atoms with Crippen molar-refractivity contribution in [3.8, 4) is 0 Å². The third-order valence-electron chi connectivity index (χ3n) is 2.99. The van der Waals surface area contributed by atoms with Gasteiger partial charge in [0.2, 0.25) is 0 Å². The van der Waals surface area contributed by atoms with Crippen LogP contribution in [0.4, 0.5) is 0 Å². The summed E-state index contributed by atoms with van der Waals surface area (Å²) in [7, 11) is 0. The molecule has 1 N–H and O–H groups in total. The molecule has 0 aliphatic rings. The summed E-state index contributed by atoms with van der Waals surface area (Å²) in [6, 6.07) is 0. The third-order valence-corrected chi connectivity index (χ3v) is 2.99. The first-order valence-electron chi connectivity index (χ1n) is 7.26. The molecule has 0 fully saturated rings. The third kappa shape index (κ3) is 11.5. The van der Waals surface area contributed by atoms with Crippen LogP contribution in [0.1, 0.15) is 65.2 Å². The predicted molar refractivity (Wildman–Crippen MR) is 77.8 cm³/mol. The van der Waals surface area contributed by atoms with Crippen LogP contribution in [0.5, 0.6) is 0 Å². The molecule has 0 aromatic heterocycles. The summed E-state index contributed by atoms with van der Waals surface area (Å²) in [6.07, 6.45) is 15.8. The highest BCUT2D eigenvalue weighted by Crippen LogP contribution is 2.05. The Labute approximate surface area is 108 Å². The highest BCUT2D eigenvalue weighted by Gasteiger charge is 1.98. The number of rotatable bonds is 12. The van der Waals surface area contributed by atoms with Crippen molar-refractivity contribution in [2.24, 2.45) is 0 Å². The lowest BCUT2D eigenvalue weighted by Gasteiger charge is -2.20. The maximum absolute atomic E-state index is 7.04. The second kappa shape index (κ2) is 13.3. The van der Waals surface area contributed by atoms with E-state index >= 15 is 0 Å². The monoisotopic (exact) mass is 238 g/mol. The van der Waals surface area contributed by atoms with E-state index in [2.05, 4.69) is 24.9 Å². The molecule has 0 bridgehead atoms. The van der Waals surface area contributed by atoms with Crippen molar-refractivity contribution in [1.82, 2.24) is 4.90 Å². The van der Waals surface area contributed by atoms with Gasteiger partial charge in [0.25, 0.3) is 0 Å². The average molecular weight is 238 g/mol. The van der Waals surface area contributed by atoms with Gasteiger partial charge in [-0.2, -0.15) is 0 Å². The summed E-state index contributed by atoms with van der Waals surface area (Å²) < 4.78 is 0. The predicted octanol–water partition coefficient (Wildman–Crippen LogP) is 4.61. The zero-order valence-electron chi connectivity index (χ0n) is 11.8. The van der Waals surface area contributed by atoms with Crippen LogP contribution in [-0.4, -0.2) is 24.2 Å². The molecular weight excluding hydrogens is 208 g/mol. The first kappa shape index (κ1) is 16.2. The van der Waals surface area contributed by atoms with E-state index in [1.165, 1.54) is 57.6 Å². The highest BCUT2D eigenvalue weighted by molar-refractivity contribution is 5.67. The second-order valence-corrected chi connectivity index (χ2v) is 4.67. The number of allylic oxidation sites excluding steroid dienone is 1. The minimum Gasteiger partial charge on any atom is -0.377 e. The van der Waals surface area contributed by atoms with Crippen LogP contribution in [0.15, 0.2) is 12.3 Å². The van der Waals surface area contributed by atoms with E-state index in [9.17, 15) is 0 Å². The molecule has 0 saturated heterocycles. The van der Waals surface area contributed by atoms with Gasteiger partial charge in [0.1, 0.15) is 0 Å². The van der Waals surface area contributed by atoms with Crippen molar-refractivity contribution in [3.05, 3.63) is 12.3 Å². The fraction of sp³-hybridized carbons (Fsp3) is 0.800.